The maximum absolute atomic E-state index is 13.8. The molecule has 0 aliphatic heterocycles. The molecule has 1 atom stereocenters. The van der Waals surface area contributed by atoms with Gasteiger partial charge in [0, 0.05) is 13.0 Å². The normalized spacial score (nSPS) is 13.6. The van der Waals surface area contributed by atoms with Crippen LogP contribution >= 0.6 is 0 Å². The molecule has 0 aliphatic rings. The topological polar surface area (TPSA) is 76.7 Å². The number of benzene rings is 1. The van der Waals surface area contributed by atoms with Crippen molar-refractivity contribution in [3.8, 4) is 5.75 Å². The van der Waals surface area contributed by atoms with E-state index in [1.165, 1.54) is 13.2 Å². The van der Waals surface area contributed by atoms with Gasteiger partial charge in [-0.25, -0.2) is 9.18 Å². The molecule has 0 aromatic heterocycles. The third kappa shape index (κ3) is 7.74. The number of rotatable bonds is 8. The van der Waals surface area contributed by atoms with Crippen LogP contribution in [0.5, 0.6) is 5.75 Å². The largest absolute Gasteiger partial charge is 0.494 e. The minimum Gasteiger partial charge on any atom is -0.494 e. The van der Waals surface area contributed by atoms with Gasteiger partial charge in [0.05, 0.1) is 12.6 Å². The number of ether oxygens (including phenoxy) is 2. The van der Waals surface area contributed by atoms with E-state index in [2.05, 4.69) is 10.6 Å². The fourth-order valence-corrected chi connectivity index (χ4v) is 2.47. The molecule has 0 radical (unpaired) electrons. The molecule has 28 heavy (non-hydrogen) atoms. The third-order valence-electron chi connectivity index (χ3n) is 4.56. The van der Waals surface area contributed by atoms with Gasteiger partial charge in [0.15, 0.2) is 11.6 Å². The lowest BCUT2D eigenvalue weighted by molar-refractivity contribution is -0.123. The van der Waals surface area contributed by atoms with Gasteiger partial charge in [-0.15, -0.1) is 0 Å². The van der Waals surface area contributed by atoms with Crippen LogP contribution in [0, 0.1) is 11.7 Å². The van der Waals surface area contributed by atoms with Crippen LogP contribution in [0.15, 0.2) is 18.2 Å². The number of halogens is 1. The minimum atomic E-state index is -0.640. The van der Waals surface area contributed by atoms with E-state index >= 15 is 0 Å². The number of carbonyl (C=O) groups excluding carboxylic acids is 2. The van der Waals surface area contributed by atoms with Crippen molar-refractivity contribution in [1.29, 1.82) is 0 Å². The van der Waals surface area contributed by atoms with Gasteiger partial charge in [-0.1, -0.05) is 19.9 Å². The van der Waals surface area contributed by atoms with Gasteiger partial charge >= 0.3 is 6.09 Å². The van der Waals surface area contributed by atoms with E-state index in [1.54, 1.807) is 32.9 Å². The van der Waals surface area contributed by atoms with E-state index in [-0.39, 0.29) is 30.5 Å². The molecule has 6 nitrogen and oxygen atoms in total. The SMILES string of the molecule is COc1ccc(CCC(=O)NC(C)(CNC(=O)OC(C)(C)C)C(C)C)cc1F. The second-order valence-corrected chi connectivity index (χ2v) is 8.44. The summed E-state index contributed by atoms with van der Waals surface area (Å²) in [5.41, 5.74) is -0.513. The lowest BCUT2D eigenvalue weighted by atomic mass is 9.88. The maximum atomic E-state index is 13.8. The molecule has 1 aromatic rings. The van der Waals surface area contributed by atoms with Crippen LogP contribution < -0.4 is 15.4 Å². The molecule has 0 saturated heterocycles. The molecule has 0 fully saturated rings. The molecule has 0 spiro atoms. The van der Waals surface area contributed by atoms with E-state index in [0.29, 0.717) is 12.0 Å². The van der Waals surface area contributed by atoms with E-state index in [0.717, 1.165) is 0 Å². The quantitative estimate of drug-likeness (QED) is 0.700. The first-order valence-corrected chi connectivity index (χ1v) is 9.46. The van der Waals surface area contributed by atoms with Crippen LogP contribution in [0.4, 0.5) is 9.18 Å². The highest BCUT2D eigenvalue weighted by atomic mass is 19.1. The van der Waals surface area contributed by atoms with Gasteiger partial charge < -0.3 is 20.1 Å². The molecule has 1 rings (SSSR count). The highest BCUT2D eigenvalue weighted by molar-refractivity contribution is 5.77. The zero-order chi connectivity index (χ0) is 21.5. The molecule has 158 valence electrons. The Morgan fingerprint density at radius 2 is 1.82 bits per heavy atom. The number of nitrogens with one attached hydrogen (secondary N) is 2. The molecule has 1 aromatic carbocycles. The Morgan fingerprint density at radius 3 is 2.32 bits per heavy atom. The van der Waals surface area contributed by atoms with E-state index < -0.39 is 23.1 Å². The molecule has 0 bridgehead atoms. The first-order chi connectivity index (χ1) is 12.9. The number of amides is 2. The van der Waals surface area contributed by atoms with Gasteiger partial charge in [0.25, 0.3) is 0 Å². The summed E-state index contributed by atoms with van der Waals surface area (Å²) in [5.74, 6) is -0.369. The van der Waals surface area contributed by atoms with Crippen LogP contribution in [-0.2, 0) is 16.0 Å². The number of methoxy groups -OCH3 is 1. The molecule has 0 aliphatic carbocycles. The van der Waals surface area contributed by atoms with Crippen LogP contribution in [0.2, 0.25) is 0 Å². The Hall–Kier alpha value is -2.31. The van der Waals surface area contributed by atoms with Crippen molar-refractivity contribution in [2.75, 3.05) is 13.7 Å². The van der Waals surface area contributed by atoms with Gasteiger partial charge in [0.2, 0.25) is 5.91 Å². The number of alkyl carbamates (subject to hydrolysis) is 1. The number of hydrogen-bond donors (Lipinski definition) is 2. The summed E-state index contributed by atoms with van der Waals surface area (Å²) in [4.78, 5) is 24.4. The van der Waals surface area contributed by atoms with Crippen LogP contribution in [-0.4, -0.2) is 36.8 Å². The van der Waals surface area contributed by atoms with Crippen molar-refractivity contribution in [3.05, 3.63) is 29.6 Å². The maximum Gasteiger partial charge on any atom is 0.407 e. The lowest BCUT2D eigenvalue weighted by Crippen LogP contribution is -2.57. The van der Waals surface area contributed by atoms with Gasteiger partial charge in [0.1, 0.15) is 5.60 Å². The number of carbonyl (C=O) groups is 2. The van der Waals surface area contributed by atoms with Gasteiger partial charge in [-0.2, -0.15) is 0 Å². The average molecular weight is 397 g/mol. The second-order valence-electron chi connectivity index (χ2n) is 8.44. The van der Waals surface area contributed by atoms with Crippen molar-refractivity contribution in [1.82, 2.24) is 10.6 Å². The fourth-order valence-electron chi connectivity index (χ4n) is 2.47. The second kappa shape index (κ2) is 9.75. The molecule has 2 amide bonds. The Kier molecular flexibility index (Phi) is 8.27. The number of hydrogen-bond acceptors (Lipinski definition) is 4. The summed E-state index contributed by atoms with van der Waals surface area (Å²) in [5, 5.41) is 5.71. The zero-order valence-electron chi connectivity index (χ0n) is 17.9. The highest BCUT2D eigenvalue weighted by Crippen LogP contribution is 2.19. The van der Waals surface area contributed by atoms with E-state index in [1.807, 2.05) is 20.8 Å². The Labute approximate surface area is 167 Å². The first-order valence-electron chi connectivity index (χ1n) is 9.46. The molecular weight excluding hydrogens is 363 g/mol. The molecule has 1 unspecified atom stereocenters. The van der Waals surface area contributed by atoms with Crippen molar-refractivity contribution in [3.63, 3.8) is 0 Å². The van der Waals surface area contributed by atoms with Crippen molar-refractivity contribution < 1.29 is 23.5 Å². The third-order valence-corrected chi connectivity index (χ3v) is 4.56. The van der Waals surface area contributed by atoms with E-state index in [4.69, 9.17) is 9.47 Å². The smallest absolute Gasteiger partial charge is 0.407 e. The standard InChI is InChI=1S/C21H33FN2O4/c1-14(2)21(6,13-23-19(26)28-20(3,4)5)24-18(25)11-9-15-8-10-17(27-7)16(22)12-15/h8,10,12,14H,9,11,13H2,1-7H3,(H,23,26)(H,24,25). The molecule has 7 heteroatoms. The molecule has 0 heterocycles. The summed E-state index contributed by atoms with van der Waals surface area (Å²) in [6.07, 6.45) is 0.0864. The summed E-state index contributed by atoms with van der Waals surface area (Å²) >= 11 is 0. The Balaban J connectivity index is 2.63. The summed E-state index contributed by atoms with van der Waals surface area (Å²) in [6.45, 7) is 11.4. The lowest BCUT2D eigenvalue weighted by Gasteiger charge is -2.35. The van der Waals surface area contributed by atoms with Crippen molar-refractivity contribution >= 4 is 12.0 Å². The number of aryl methyl sites for hydroxylation is 1. The fraction of sp³-hybridized carbons (Fsp3) is 0.619. The van der Waals surface area contributed by atoms with Crippen LogP contribution in [0.1, 0.15) is 53.5 Å². The highest BCUT2D eigenvalue weighted by Gasteiger charge is 2.31. The minimum absolute atomic E-state index is 0.0739. The summed E-state index contributed by atoms with van der Waals surface area (Å²) in [6, 6.07) is 4.66. The van der Waals surface area contributed by atoms with Crippen molar-refractivity contribution in [2.24, 2.45) is 5.92 Å². The average Bonchev–Trinajstić information content (AvgIpc) is 2.56. The molecular formula is C21H33FN2O4. The Morgan fingerprint density at radius 1 is 1.18 bits per heavy atom. The summed E-state index contributed by atoms with van der Waals surface area (Å²) in [7, 11) is 1.41. The Bertz CT molecular complexity index is 685. The van der Waals surface area contributed by atoms with Gasteiger partial charge in [-0.05, 0) is 57.7 Å². The van der Waals surface area contributed by atoms with Crippen LogP contribution in [0.25, 0.3) is 0 Å². The van der Waals surface area contributed by atoms with Crippen LogP contribution in [0.3, 0.4) is 0 Å². The molecule has 2 N–H and O–H groups in total. The predicted molar refractivity (Wildman–Crippen MR) is 107 cm³/mol. The zero-order valence-corrected chi connectivity index (χ0v) is 17.9. The van der Waals surface area contributed by atoms with Crippen molar-refractivity contribution in [2.45, 2.75) is 65.5 Å². The van der Waals surface area contributed by atoms with Gasteiger partial charge in [-0.3, -0.25) is 4.79 Å². The van der Waals surface area contributed by atoms with E-state index in [9.17, 15) is 14.0 Å². The molecule has 0 saturated carbocycles. The summed E-state index contributed by atoms with van der Waals surface area (Å²) < 4.78 is 23.9. The first kappa shape index (κ1) is 23.7. The monoisotopic (exact) mass is 396 g/mol. The predicted octanol–water partition coefficient (Wildman–Crippen LogP) is 3.82.